The van der Waals surface area contributed by atoms with Gasteiger partial charge in [0.2, 0.25) is 0 Å². The highest BCUT2D eigenvalue weighted by molar-refractivity contribution is 6.67. The Balaban J connectivity index is 3.65. The summed E-state index contributed by atoms with van der Waals surface area (Å²) in [5, 5.41) is 7.96. The minimum atomic E-state index is -6.08. The first kappa shape index (κ1) is 19.0. The lowest BCUT2D eigenvalue weighted by Gasteiger charge is -2.33. The quantitative estimate of drug-likeness (QED) is 0.642. The number of rotatable bonds is 4. The van der Waals surface area contributed by atoms with Crippen LogP contribution < -0.4 is 0 Å². The summed E-state index contributed by atoms with van der Waals surface area (Å²) >= 11 is 9.96. The number of hydrogen-bond acceptors (Lipinski definition) is 3. The molecule has 3 nitrogen and oxygen atoms in total. The molecule has 0 saturated carbocycles. The number of benzene rings is 1. The van der Waals surface area contributed by atoms with Gasteiger partial charge < -0.3 is 5.11 Å². The van der Waals surface area contributed by atoms with E-state index in [-0.39, 0.29) is 11.6 Å². The van der Waals surface area contributed by atoms with Crippen LogP contribution >= 0.6 is 23.5 Å². The number of carbonyl (C=O) groups is 1. The van der Waals surface area contributed by atoms with Gasteiger partial charge in [0, 0.05) is 11.1 Å². The van der Waals surface area contributed by atoms with Crippen molar-refractivity contribution in [2.45, 2.75) is 24.6 Å². The molecule has 0 radical (unpaired) electrons. The van der Waals surface area contributed by atoms with E-state index < -0.39 is 40.9 Å². The summed E-state index contributed by atoms with van der Waals surface area (Å²) in [6.45, 7) is -0.613. The van der Waals surface area contributed by atoms with Gasteiger partial charge in [-0.05, 0) is 35.4 Å². The molecule has 0 bridgehead atoms. The Bertz CT molecular complexity index is 556. The van der Waals surface area contributed by atoms with Crippen molar-refractivity contribution in [2.75, 3.05) is 0 Å². The first-order chi connectivity index (χ1) is 9.84. The zero-order chi connectivity index (χ0) is 17.3. The van der Waals surface area contributed by atoms with Crippen LogP contribution in [0.2, 0.25) is 0 Å². The van der Waals surface area contributed by atoms with E-state index in [0.717, 1.165) is 6.07 Å². The van der Waals surface area contributed by atoms with Gasteiger partial charge in [-0.3, -0.25) is 9.08 Å². The number of halogens is 8. The van der Waals surface area contributed by atoms with Crippen LogP contribution in [0.1, 0.15) is 21.5 Å². The van der Waals surface area contributed by atoms with E-state index in [4.69, 9.17) is 23.5 Å². The molecule has 124 valence electrons. The molecule has 0 saturated heterocycles. The number of aliphatic hydroxyl groups is 1. The van der Waals surface area contributed by atoms with Crippen molar-refractivity contribution in [1.29, 1.82) is 0 Å². The minimum absolute atomic E-state index is 0.202. The van der Waals surface area contributed by atoms with Crippen LogP contribution in [0.25, 0.3) is 0 Å². The third-order valence-electron chi connectivity index (χ3n) is 2.68. The molecule has 1 aromatic carbocycles. The van der Waals surface area contributed by atoms with Crippen LogP contribution in [-0.2, 0) is 16.5 Å². The minimum Gasteiger partial charge on any atom is -0.369 e. The predicted molar refractivity (Wildman–Crippen MR) is 63.3 cm³/mol. The Hall–Kier alpha value is -1.03. The molecular formula is C11H6Cl2F6O3. The van der Waals surface area contributed by atoms with Crippen molar-refractivity contribution < 1.29 is 40.5 Å². The molecule has 0 amide bonds. The van der Waals surface area contributed by atoms with Crippen molar-refractivity contribution in [3.05, 3.63) is 34.9 Å². The maximum Gasteiger partial charge on any atom is 0.430 e. The molecule has 22 heavy (non-hydrogen) atoms. The summed E-state index contributed by atoms with van der Waals surface area (Å²) in [6, 6.07) is 1.45. The van der Waals surface area contributed by atoms with E-state index >= 15 is 0 Å². The molecule has 0 aliphatic heterocycles. The van der Waals surface area contributed by atoms with Gasteiger partial charge in [-0.15, -0.1) is 0 Å². The zero-order valence-corrected chi connectivity index (χ0v) is 11.7. The Kier molecular flexibility index (Phi) is 5.38. The van der Waals surface area contributed by atoms with E-state index in [1.807, 2.05) is 0 Å². The second-order valence-electron chi connectivity index (χ2n) is 4.15. The van der Waals surface area contributed by atoms with Crippen LogP contribution in [0, 0.1) is 0 Å². The van der Waals surface area contributed by atoms with Crippen LogP contribution in [0.3, 0.4) is 0 Å². The topological polar surface area (TPSA) is 46.5 Å². The first-order valence-electron chi connectivity index (χ1n) is 5.28. The highest BCUT2D eigenvalue weighted by atomic mass is 35.5. The molecular weight excluding hydrogens is 365 g/mol. The van der Waals surface area contributed by atoms with Gasteiger partial charge in [0.25, 0.3) is 10.8 Å². The van der Waals surface area contributed by atoms with Crippen molar-refractivity contribution in [3.63, 3.8) is 0 Å². The number of carbonyl (C=O) groups excluding carboxylic acids is 1. The van der Waals surface area contributed by atoms with Gasteiger partial charge >= 0.3 is 12.4 Å². The Morgan fingerprint density at radius 3 is 1.95 bits per heavy atom. The van der Waals surface area contributed by atoms with Crippen molar-refractivity contribution >= 4 is 28.7 Å². The lowest BCUT2D eigenvalue weighted by atomic mass is 9.89. The SMILES string of the molecule is O=C(Cl)c1cc(COCl)cc(C(O)(C(F)(F)F)C(F)(F)F)c1. The Labute approximate surface area is 129 Å². The average Bonchev–Trinajstić information content (AvgIpc) is 2.35. The summed E-state index contributed by atoms with van der Waals surface area (Å²) < 4.78 is 80.8. The summed E-state index contributed by atoms with van der Waals surface area (Å²) in [4.78, 5) is 11.0. The molecule has 0 atom stereocenters. The molecule has 0 aliphatic rings. The molecule has 0 aliphatic carbocycles. The molecule has 11 heteroatoms. The highest BCUT2D eigenvalue weighted by Gasteiger charge is 2.71. The van der Waals surface area contributed by atoms with E-state index in [0.29, 0.717) is 6.07 Å². The molecule has 0 unspecified atom stereocenters. The van der Waals surface area contributed by atoms with Crippen molar-refractivity contribution in [2.24, 2.45) is 0 Å². The molecule has 0 heterocycles. The van der Waals surface area contributed by atoms with Gasteiger partial charge in [-0.1, -0.05) is 0 Å². The van der Waals surface area contributed by atoms with Gasteiger partial charge in [0.05, 0.1) is 18.5 Å². The van der Waals surface area contributed by atoms with Crippen molar-refractivity contribution in [1.82, 2.24) is 0 Å². The third-order valence-corrected chi connectivity index (χ3v) is 3.01. The van der Waals surface area contributed by atoms with E-state index in [9.17, 15) is 36.2 Å². The fourth-order valence-electron chi connectivity index (χ4n) is 1.65. The molecule has 1 aromatic rings. The van der Waals surface area contributed by atoms with Crippen LogP contribution in [0.4, 0.5) is 26.3 Å². The largest absolute Gasteiger partial charge is 0.430 e. The Morgan fingerprint density at radius 2 is 1.59 bits per heavy atom. The second-order valence-corrected chi connectivity index (χ2v) is 4.71. The first-order valence-corrected chi connectivity index (χ1v) is 5.97. The summed E-state index contributed by atoms with van der Waals surface area (Å²) in [5.41, 5.74) is -7.80. The van der Waals surface area contributed by atoms with Gasteiger partial charge in [-0.2, -0.15) is 26.3 Å². The third kappa shape index (κ3) is 3.48. The molecule has 0 spiro atoms. The van der Waals surface area contributed by atoms with Crippen molar-refractivity contribution in [3.8, 4) is 0 Å². The van der Waals surface area contributed by atoms with Crippen LogP contribution in [-0.4, -0.2) is 22.7 Å². The van der Waals surface area contributed by atoms with E-state index in [1.54, 1.807) is 0 Å². The maximum atomic E-state index is 12.8. The molecule has 0 fully saturated rings. The summed E-state index contributed by atoms with van der Waals surface area (Å²) in [5.74, 6) is 0. The normalized spacial score (nSPS) is 13.3. The average molecular weight is 371 g/mol. The predicted octanol–water partition coefficient (Wildman–Crippen LogP) is 4.05. The molecule has 0 aromatic heterocycles. The molecule has 1 N–H and O–H groups in total. The summed E-state index contributed by atoms with van der Waals surface area (Å²) in [7, 11) is 0. The van der Waals surface area contributed by atoms with Gasteiger partial charge in [0.15, 0.2) is 0 Å². The number of hydrogen-bond donors (Lipinski definition) is 1. The van der Waals surface area contributed by atoms with Gasteiger partial charge in [0.1, 0.15) is 0 Å². The van der Waals surface area contributed by atoms with Crippen LogP contribution in [0.15, 0.2) is 18.2 Å². The summed E-state index contributed by atoms with van der Waals surface area (Å²) in [6.07, 6.45) is -12.2. The second kappa shape index (κ2) is 6.23. The Morgan fingerprint density at radius 1 is 1.09 bits per heavy atom. The standard InChI is InChI=1S/C11H6Cl2F6O3/c12-8(20)6-1-5(4-22-13)2-7(3-6)9(21,10(14,15)16)11(17,18)19/h1-3,21H,4H2. The monoisotopic (exact) mass is 370 g/mol. The van der Waals surface area contributed by atoms with E-state index in [1.165, 1.54) is 0 Å². The lowest BCUT2D eigenvalue weighted by Crippen LogP contribution is -2.54. The highest BCUT2D eigenvalue weighted by Crippen LogP contribution is 2.50. The van der Waals surface area contributed by atoms with Crippen LogP contribution in [0.5, 0.6) is 0 Å². The van der Waals surface area contributed by atoms with Gasteiger partial charge in [-0.25, -0.2) is 0 Å². The lowest BCUT2D eigenvalue weighted by molar-refractivity contribution is -0.376. The molecule has 1 rings (SSSR count). The smallest absolute Gasteiger partial charge is 0.369 e. The zero-order valence-electron chi connectivity index (χ0n) is 10.2. The fraction of sp³-hybridized carbons (Fsp3) is 0.364. The fourth-order valence-corrected chi connectivity index (χ4v) is 1.88. The van der Waals surface area contributed by atoms with E-state index in [2.05, 4.69) is 4.29 Å². The number of alkyl halides is 6. The maximum absolute atomic E-state index is 12.8.